The van der Waals surface area contributed by atoms with Gasteiger partial charge in [-0.05, 0) is 36.6 Å². The van der Waals surface area contributed by atoms with E-state index in [0.29, 0.717) is 28.1 Å². The molecule has 7 heteroatoms. The van der Waals surface area contributed by atoms with Crippen LogP contribution in [0.2, 0.25) is 10.0 Å². The van der Waals surface area contributed by atoms with E-state index in [2.05, 4.69) is 14.7 Å². The van der Waals surface area contributed by atoms with Gasteiger partial charge in [-0.15, -0.1) is 0 Å². The molecule has 0 bridgehead atoms. The second-order valence-corrected chi connectivity index (χ2v) is 6.46. The first-order chi connectivity index (χ1) is 9.61. The normalized spacial score (nSPS) is 16.1. The number of nitrogens with zero attached hydrogens (tertiary/aromatic N) is 2. The Balaban J connectivity index is 1.61. The highest BCUT2D eigenvalue weighted by molar-refractivity contribution is 7.09. The van der Waals surface area contributed by atoms with E-state index in [1.54, 1.807) is 18.2 Å². The summed E-state index contributed by atoms with van der Waals surface area (Å²) in [7, 11) is 0. The van der Waals surface area contributed by atoms with Crippen LogP contribution in [0.1, 0.15) is 36.3 Å². The Morgan fingerprint density at radius 2 is 2.00 bits per heavy atom. The van der Waals surface area contributed by atoms with E-state index in [1.165, 1.54) is 24.4 Å². The Labute approximate surface area is 130 Å². The maximum Gasteiger partial charge on any atom is 0.202 e. The van der Waals surface area contributed by atoms with Gasteiger partial charge in [0.05, 0.1) is 6.10 Å². The first kappa shape index (κ1) is 14.1. The summed E-state index contributed by atoms with van der Waals surface area (Å²) in [6.07, 6.45) is 1.67. The van der Waals surface area contributed by atoms with E-state index in [0.717, 1.165) is 11.0 Å². The molecule has 106 valence electrons. The van der Waals surface area contributed by atoms with Crippen LogP contribution in [0.3, 0.4) is 0 Å². The minimum absolute atomic E-state index is 0.343. The van der Waals surface area contributed by atoms with Crippen LogP contribution in [-0.2, 0) is 0 Å². The van der Waals surface area contributed by atoms with E-state index in [-0.39, 0.29) is 0 Å². The zero-order valence-corrected chi connectivity index (χ0v) is 12.8. The van der Waals surface area contributed by atoms with Crippen molar-refractivity contribution in [2.24, 2.45) is 0 Å². The molecule has 1 aliphatic carbocycles. The molecule has 4 nitrogen and oxygen atoms in total. The van der Waals surface area contributed by atoms with Gasteiger partial charge in [-0.25, -0.2) is 4.98 Å². The van der Waals surface area contributed by atoms with Gasteiger partial charge >= 0.3 is 0 Å². The van der Waals surface area contributed by atoms with Gasteiger partial charge in [0.15, 0.2) is 0 Å². The van der Waals surface area contributed by atoms with Crippen molar-refractivity contribution in [2.45, 2.75) is 24.9 Å². The van der Waals surface area contributed by atoms with E-state index in [4.69, 9.17) is 23.2 Å². The van der Waals surface area contributed by atoms with Crippen molar-refractivity contribution < 1.29 is 5.11 Å². The monoisotopic (exact) mass is 329 g/mol. The van der Waals surface area contributed by atoms with E-state index in [1.807, 2.05) is 0 Å². The molecule has 2 aromatic rings. The third-order valence-electron chi connectivity index (χ3n) is 3.10. The highest BCUT2D eigenvalue weighted by Crippen LogP contribution is 2.39. The summed E-state index contributed by atoms with van der Waals surface area (Å²) in [5.74, 6) is 1.45. The molecule has 1 heterocycles. The molecule has 2 N–H and O–H groups in total. The van der Waals surface area contributed by atoms with Gasteiger partial charge in [-0.1, -0.05) is 23.2 Å². The minimum Gasteiger partial charge on any atom is -0.387 e. The second kappa shape index (κ2) is 5.85. The average Bonchev–Trinajstić information content (AvgIpc) is 3.14. The summed E-state index contributed by atoms with van der Waals surface area (Å²) in [6.45, 7) is 0.343. The Morgan fingerprint density at radius 3 is 2.65 bits per heavy atom. The summed E-state index contributed by atoms with van der Waals surface area (Å²) in [5, 5.41) is 15.0. The highest BCUT2D eigenvalue weighted by Gasteiger charge is 2.27. The molecule has 20 heavy (non-hydrogen) atoms. The molecule has 1 fully saturated rings. The predicted octanol–water partition coefficient (Wildman–Crippen LogP) is 3.87. The number of aliphatic hydroxyl groups is 1. The lowest BCUT2D eigenvalue weighted by Crippen LogP contribution is -2.12. The zero-order chi connectivity index (χ0) is 14.1. The lowest BCUT2D eigenvalue weighted by molar-refractivity contribution is 0.191. The van der Waals surface area contributed by atoms with E-state index >= 15 is 0 Å². The van der Waals surface area contributed by atoms with E-state index in [9.17, 15) is 5.11 Å². The first-order valence-corrected chi connectivity index (χ1v) is 7.86. The number of rotatable bonds is 5. The quantitative estimate of drug-likeness (QED) is 0.874. The maximum atomic E-state index is 10.1. The molecule has 0 amide bonds. The smallest absolute Gasteiger partial charge is 0.202 e. The number of benzene rings is 1. The van der Waals surface area contributed by atoms with Gasteiger partial charge in [-0.3, -0.25) is 0 Å². The Hall–Kier alpha value is -0.880. The fourth-order valence-electron chi connectivity index (χ4n) is 1.88. The molecule has 0 saturated heterocycles. The van der Waals surface area contributed by atoms with Crippen LogP contribution in [0.25, 0.3) is 0 Å². The van der Waals surface area contributed by atoms with Crippen molar-refractivity contribution in [3.8, 4) is 0 Å². The SMILES string of the molecule is O[C@H](CNc1nc(C2CC2)ns1)c1cc(Cl)cc(Cl)c1. The van der Waals surface area contributed by atoms with Crippen molar-refractivity contribution in [3.63, 3.8) is 0 Å². The van der Waals surface area contributed by atoms with Crippen LogP contribution < -0.4 is 5.32 Å². The minimum atomic E-state index is -0.695. The molecule has 1 aliphatic rings. The molecule has 3 rings (SSSR count). The van der Waals surface area contributed by atoms with Crippen molar-refractivity contribution in [1.82, 2.24) is 9.36 Å². The summed E-state index contributed by atoms with van der Waals surface area (Å²) >= 11 is 13.2. The third kappa shape index (κ3) is 3.41. The maximum absolute atomic E-state index is 10.1. The molecule has 1 aromatic carbocycles. The first-order valence-electron chi connectivity index (χ1n) is 6.33. The summed E-state index contributed by atoms with van der Waals surface area (Å²) < 4.78 is 4.30. The molecule has 0 unspecified atom stereocenters. The number of hydrogen-bond donors (Lipinski definition) is 2. The van der Waals surface area contributed by atoms with Gasteiger partial charge in [-0.2, -0.15) is 4.37 Å². The Bertz CT molecular complexity index is 595. The van der Waals surface area contributed by atoms with Crippen LogP contribution in [0, 0.1) is 0 Å². The van der Waals surface area contributed by atoms with Gasteiger partial charge in [0.25, 0.3) is 0 Å². The van der Waals surface area contributed by atoms with Gasteiger partial charge in [0.1, 0.15) is 5.82 Å². The van der Waals surface area contributed by atoms with Gasteiger partial charge < -0.3 is 10.4 Å². The molecule has 0 radical (unpaired) electrons. The molecule has 1 aromatic heterocycles. The fraction of sp³-hybridized carbons (Fsp3) is 0.385. The van der Waals surface area contributed by atoms with Crippen LogP contribution in [0.4, 0.5) is 5.13 Å². The van der Waals surface area contributed by atoms with Crippen molar-refractivity contribution in [2.75, 3.05) is 11.9 Å². The lowest BCUT2D eigenvalue weighted by atomic mass is 10.1. The Morgan fingerprint density at radius 1 is 1.30 bits per heavy atom. The van der Waals surface area contributed by atoms with Crippen molar-refractivity contribution >= 4 is 39.9 Å². The van der Waals surface area contributed by atoms with Crippen molar-refractivity contribution in [3.05, 3.63) is 39.6 Å². The standard InChI is InChI=1S/C13H13Cl2N3OS/c14-9-3-8(4-10(15)5-9)11(19)6-16-13-17-12(18-20-13)7-1-2-7/h3-5,7,11,19H,1-2,6H2,(H,16,17,18)/t11-/m1/s1. The average molecular weight is 330 g/mol. The second-order valence-electron chi connectivity index (χ2n) is 4.83. The fourth-order valence-corrected chi connectivity index (χ4v) is 3.08. The molecule has 1 saturated carbocycles. The Kier molecular flexibility index (Phi) is 4.12. The number of nitrogens with one attached hydrogen (secondary N) is 1. The van der Waals surface area contributed by atoms with E-state index < -0.39 is 6.10 Å². The number of anilines is 1. The summed E-state index contributed by atoms with van der Waals surface area (Å²) in [6, 6.07) is 5.05. The number of aliphatic hydroxyl groups excluding tert-OH is 1. The molecular formula is C13H13Cl2N3OS. The highest BCUT2D eigenvalue weighted by atomic mass is 35.5. The zero-order valence-electron chi connectivity index (χ0n) is 10.5. The van der Waals surface area contributed by atoms with Crippen LogP contribution in [0.15, 0.2) is 18.2 Å². The van der Waals surface area contributed by atoms with Crippen LogP contribution in [-0.4, -0.2) is 21.0 Å². The topological polar surface area (TPSA) is 58.0 Å². The molecule has 1 atom stereocenters. The van der Waals surface area contributed by atoms with Crippen molar-refractivity contribution in [1.29, 1.82) is 0 Å². The number of aromatic nitrogens is 2. The largest absolute Gasteiger partial charge is 0.387 e. The van der Waals surface area contributed by atoms with Gasteiger partial charge in [0.2, 0.25) is 5.13 Å². The molecular weight excluding hydrogens is 317 g/mol. The van der Waals surface area contributed by atoms with Gasteiger partial charge in [0, 0.05) is 34.0 Å². The third-order valence-corrected chi connectivity index (χ3v) is 4.22. The molecule has 0 spiro atoms. The molecule has 0 aliphatic heterocycles. The lowest BCUT2D eigenvalue weighted by Gasteiger charge is -2.12. The van der Waals surface area contributed by atoms with Crippen LogP contribution in [0.5, 0.6) is 0 Å². The summed E-state index contributed by atoms with van der Waals surface area (Å²) in [4.78, 5) is 4.41. The number of hydrogen-bond acceptors (Lipinski definition) is 5. The predicted molar refractivity (Wildman–Crippen MR) is 81.8 cm³/mol. The number of halogens is 2. The summed E-state index contributed by atoms with van der Waals surface area (Å²) in [5.41, 5.74) is 0.682. The van der Waals surface area contributed by atoms with Crippen LogP contribution >= 0.6 is 34.7 Å².